The minimum absolute atomic E-state index is 0.0101. The minimum Gasteiger partial charge on any atom is -0.464 e. The number of hydrogen-bond donors (Lipinski definition) is 2. The first kappa shape index (κ1) is 14.5. The summed E-state index contributed by atoms with van der Waals surface area (Å²) >= 11 is 0. The van der Waals surface area contributed by atoms with Gasteiger partial charge in [-0.3, -0.25) is 4.79 Å². The molecule has 1 saturated heterocycles. The third-order valence-electron chi connectivity index (χ3n) is 2.94. The van der Waals surface area contributed by atoms with Gasteiger partial charge in [-0.05, 0) is 18.1 Å². The molecular formula is C14H17NO5. The Bertz CT molecular complexity index is 485. The molecule has 1 amide bonds. The molecule has 1 aliphatic rings. The number of carbonyl (C=O) groups excluding carboxylic acids is 2. The molecule has 1 aliphatic heterocycles. The number of ether oxygens (including phenoxy) is 2. The number of nitrogens with one attached hydrogen (secondary N) is 1. The Labute approximate surface area is 116 Å². The van der Waals surface area contributed by atoms with Crippen molar-refractivity contribution in [3.8, 4) is 0 Å². The lowest BCUT2D eigenvalue weighted by atomic mass is 10.1. The summed E-state index contributed by atoms with van der Waals surface area (Å²) in [7, 11) is 0. The number of aliphatic hydroxyl groups is 1. The maximum atomic E-state index is 11.7. The van der Waals surface area contributed by atoms with E-state index in [1.807, 2.05) is 12.1 Å². The van der Waals surface area contributed by atoms with Gasteiger partial charge in [0, 0.05) is 6.54 Å². The summed E-state index contributed by atoms with van der Waals surface area (Å²) in [6.07, 6.45) is -1.52. The van der Waals surface area contributed by atoms with E-state index in [1.54, 1.807) is 19.1 Å². The Morgan fingerprint density at radius 3 is 2.50 bits per heavy atom. The largest absolute Gasteiger partial charge is 0.464 e. The molecular weight excluding hydrogens is 262 g/mol. The predicted octanol–water partition coefficient (Wildman–Crippen LogP) is 0.126. The van der Waals surface area contributed by atoms with Crippen molar-refractivity contribution in [2.75, 3.05) is 6.61 Å². The number of carbonyl (C=O) groups is 2. The fraction of sp³-hybridized carbons (Fsp3) is 0.429. The molecule has 6 nitrogen and oxygen atoms in total. The van der Waals surface area contributed by atoms with E-state index < -0.39 is 18.2 Å². The van der Waals surface area contributed by atoms with Gasteiger partial charge < -0.3 is 19.9 Å². The molecule has 108 valence electrons. The second-order valence-electron chi connectivity index (χ2n) is 4.42. The summed E-state index contributed by atoms with van der Waals surface area (Å²) in [6.45, 7) is 2.30. The zero-order valence-electron chi connectivity index (χ0n) is 11.2. The van der Waals surface area contributed by atoms with Crippen molar-refractivity contribution >= 4 is 11.9 Å². The summed E-state index contributed by atoms with van der Waals surface area (Å²) in [5.41, 5.74) is 1.72. The lowest BCUT2D eigenvalue weighted by Gasteiger charge is -2.04. The highest BCUT2D eigenvalue weighted by molar-refractivity contribution is 5.92. The van der Waals surface area contributed by atoms with Gasteiger partial charge in [0.15, 0.2) is 12.2 Å². The van der Waals surface area contributed by atoms with Crippen molar-refractivity contribution in [3.05, 3.63) is 35.4 Å². The number of esters is 1. The molecule has 0 radical (unpaired) electrons. The average molecular weight is 279 g/mol. The Hall–Kier alpha value is -1.92. The van der Waals surface area contributed by atoms with Crippen LogP contribution >= 0.6 is 0 Å². The molecule has 0 unspecified atom stereocenters. The first-order chi connectivity index (χ1) is 9.65. The molecule has 2 atom stereocenters. The van der Waals surface area contributed by atoms with Gasteiger partial charge in [-0.25, -0.2) is 4.79 Å². The third kappa shape index (κ3) is 3.55. The molecule has 0 aliphatic carbocycles. The monoisotopic (exact) mass is 279 g/mol. The standard InChI is InChI=1S/C14H17NO5/c1-2-19-14(18)12-11(20-12)13(17)15-7-9-3-5-10(8-16)6-4-9/h3-6,11-12,16H,2,7-8H2,1H3,(H,15,17)/t11-,12-/m0/s1. The Morgan fingerprint density at radius 2 is 1.90 bits per heavy atom. The quantitative estimate of drug-likeness (QED) is 0.570. The van der Waals surface area contributed by atoms with Gasteiger partial charge in [0.25, 0.3) is 5.91 Å². The molecule has 1 aromatic rings. The van der Waals surface area contributed by atoms with Crippen LogP contribution in [-0.4, -0.2) is 35.8 Å². The highest BCUT2D eigenvalue weighted by Crippen LogP contribution is 2.23. The van der Waals surface area contributed by atoms with E-state index in [9.17, 15) is 9.59 Å². The molecule has 20 heavy (non-hydrogen) atoms. The van der Waals surface area contributed by atoms with E-state index in [4.69, 9.17) is 14.6 Å². The lowest BCUT2D eigenvalue weighted by Crippen LogP contribution is -2.30. The lowest BCUT2D eigenvalue weighted by molar-refractivity contribution is -0.144. The van der Waals surface area contributed by atoms with Crippen LogP contribution in [0.15, 0.2) is 24.3 Å². The van der Waals surface area contributed by atoms with Crippen LogP contribution in [0, 0.1) is 0 Å². The summed E-state index contributed by atoms with van der Waals surface area (Å²) < 4.78 is 9.77. The van der Waals surface area contributed by atoms with Crippen LogP contribution in [0.2, 0.25) is 0 Å². The summed E-state index contributed by atoms with van der Waals surface area (Å²) in [6, 6.07) is 7.22. The van der Waals surface area contributed by atoms with E-state index >= 15 is 0 Å². The summed E-state index contributed by atoms with van der Waals surface area (Å²) in [5, 5.41) is 11.6. The Morgan fingerprint density at radius 1 is 1.25 bits per heavy atom. The third-order valence-corrected chi connectivity index (χ3v) is 2.94. The van der Waals surface area contributed by atoms with Gasteiger partial charge in [0.05, 0.1) is 13.2 Å². The smallest absolute Gasteiger partial charge is 0.338 e. The minimum atomic E-state index is -0.772. The van der Waals surface area contributed by atoms with Crippen molar-refractivity contribution in [1.29, 1.82) is 0 Å². The average Bonchev–Trinajstić information content (AvgIpc) is 3.26. The summed E-state index contributed by atoms with van der Waals surface area (Å²) in [4.78, 5) is 23.1. The van der Waals surface area contributed by atoms with E-state index in [0.717, 1.165) is 11.1 Å². The first-order valence-electron chi connectivity index (χ1n) is 6.44. The molecule has 2 rings (SSSR count). The van der Waals surface area contributed by atoms with Crippen LogP contribution in [0.25, 0.3) is 0 Å². The first-order valence-corrected chi connectivity index (χ1v) is 6.44. The van der Waals surface area contributed by atoms with Crippen molar-refractivity contribution in [1.82, 2.24) is 5.32 Å². The second-order valence-corrected chi connectivity index (χ2v) is 4.42. The van der Waals surface area contributed by atoms with Gasteiger partial charge in [-0.2, -0.15) is 0 Å². The van der Waals surface area contributed by atoms with Crippen LogP contribution in [0.3, 0.4) is 0 Å². The topological polar surface area (TPSA) is 88.2 Å². The van der Waals surface area contributed by atoms with Crippen LogP contribution < -0.4 is 5.32 Å². The molecule has 0 spiro atoms. The maximum absolute atomic E-state index is 11.7. The predicted molar refractivity (Wildman–Crippen MR) is 69.5 cm³/mol. The van der Waals surface area contributed by atoms with Crippen molar-refractivity contribution in [2.45, 2.75) is 32.3 Å². The molecule has 6 heteroatoms. The van der Waals surface area contributed by atoms with Crippen LogP contribution in [0.1, 0.15) is 18.1 Å². The van der Waals surface area contributed by atoms with Crippen molar-refractivity contribution in [3.63, 3.8) is 0 Å². The number of amides is 1. The number of aliphatic hydroxyl groups excluding tert-OH is 1. The highest BCUT2D eigenvalue weighted by Gasteiger charge is 2.51. The van der Waals surface area contributed by atoms with Gasteiger partial charge in [0.1, 0.15) is 0 Å². The number of benzene rings is 1. The summed E-state index contributed by atoms with van der Waals surface area (Å²) in [5.74, 6) is -0.825. The normalized spacial score (nSPS) is 20.3. The van der Waals surface area contributed by atoms with Gasteiger partial charge in [0.2, 0.25) is 0 Å². The molecule has 0 aromatic heterocycles. The SMILES string of the molecule is CCOC(=O)[C@H]1O[C@@H]1C(=O)NCc1ccc(CO)cc1. The Kier molecular flexibility index (Phi) is 4.70. The molecule has 0 saturated carbocycles. The molecule has 0 bridgehead atoms. The molecule has 2 N–H and O–H groups in total. The van der Waals surface area contributed by atoms with E-state index in [-0.39, 0.29) is 19.1 Å². The number of hydrogen-bond acceptors (Lipinski definition) is 5. The van der Waals surface area contributed by atoms with Gasteiger partial charge in [-0.1, -0.05) is 24.3 Å². The Balaban J connectivity index is 1.77. The van der Waals surface area contributed by atoms with E-state index in [0.29, 0.717) is 6.54 Å². The molecule has 1 aromatic carbocycles. The number of rotatable bonds is 6. The fourth-order valence-electron chi connectivity index (χ4n) is 1.77. The number of epoxide rings is 1. The van der Waals surface area contributed by atoms with Crippen molar-refractivity contribution in [2.24, 2.45) is 0 Å². The van der Waals surface area contributed by atoms with E-state index in [1.165, 1.54) is 0 Å². The zero-order chi connectivity index (χ0) is 14.5. The maximum Gasteiger partial charge on any atom is 0.338 e. The van der Waals surface area contributed by atoms with Crippen LogP contribution in [0.5, 0.6) is 0 Å². The van der Waals surface area contributed by atoms with E-state index in [2.05, 4.69) is 5.32 Å². The molecule has 1 fully saturated rings. The molecule has 1 heterocycles. The van der Waals surface area contributed by atoms with Crippen molar-refractivity contribution < 1.29 is 24.2 Å². The highest BCUT2D eigenvalue weighted by atomic mass is 16.6. The van der Waals surface area contributed by atoms with Gasteiger partial charge >= 0.3 is 5.97 Å². The van der Waals surface area contributed by atoms with Crippen LogP contribution in [-0.2, 0) is 32.2 Å². The fourth-order valence-corrected chi connectivity index (χ4v) is 1.77. The second kappa shape index (κ2) is 6.49. The van der Waals surface area contributed by atoms with Crippen LogP contribution in [0.4, 0.5) is 0 Å². The zero-order valence-corrected chi connectivity index (χ0v) is 11.2. The van der Waals surface area contributed by atoms with Gasteiger partial charge in [-0.15, -0.1) is 0 Å².